The molecule has 246 valence electrons. The molecule has 0 aliphatic carbocycles. The number of sulfonamides is 1. The van der Waals surface area contributed by atoms with Gasteiger partial charge in [0, 0.05) is 50.5 Å². The van der Waals surface area contributed by atoms with Crippen LogP contribution < -0.4 is 0 Å². The highest BCUT2D eigenvalue weighted by Crippen LogP contribution is 2.36. The summed E-state index contributed by atoms with van der Waals surface area (Å²) in [6.07, 6.45) is -5.10. The van der Waals surface area contributed by atoms with E-state index in [1.807, 2.05) is 12.1 Å². The van der Waals surface area contributed by atoms with Crippen molar-refractivity contribution in [3.8, 4) is 0 Å². The minimum atomic E-state index is -5.08. The largest absolute Gasteiger partial charge is 0.490 e. The molecule has 1 aromatic carbocycles. The van der Waals surface area contributed by atoms with Crippen molar-refractivity contribution in [2.75, 3.05) is 39.4 Å². The number of aliphatic carboxylic acids is 2. The third-order valence-corrected chi connectivity index (χ3v) is 8.62. The zero-order valence-electron chi connectivity index (χ0n) is 23.2. The van der Waals surface area contributed by atoms with Crippen LogP contribution in [0.15, 0.2) is 47.6 Å². The Morgan fingerprint density at radius 3 is 1.95 bits per heavy atom. The molecule has 0 unspecified atom stereocenters. The van der Waals surface area contributed by atoms with E-state index in [1.165, 1.54) is 22.0 Å². The summed E-state index contributed by atoms with van der Waals surface area (Å²) in [5.41, 5.74) is 1.59. The first kappa shape index (κ1) is 36.8. The average molecular weight is 662 g/mol. The lowest BCUT2D eigenvalue weighted by molar-refractivity contribution is -0.193. The predicted molar refractivity (Wildman–Crippen MR) is 139 cm³/mol. The molecule has 0 radical (unpaired) electrons. The van der Waals surface area contributed by atoms with Gasteiger partial charge in [-0.05, 0) is 55.2 Å². The number of aromatic nitrogens is 1. The standard InChI is InChI=1S/C22H28FN3O3S.2C2HF3O2/c1-18-2-3-20(14-21(18)23)30(27,28)26-10-6-22(7-11-26)16-25(12-13-29-17-22)15-19-4-8-24-9-5-19;2*3-2(4,5)1(6)7/h2-5,8-9,14H,6-7,10-13,15-17H2,1H3;2*(H,6,7). The number of aryl methyl sites for hydroxylation is 1. The van der Waals surface area contributed by atoms with Gasteiger partial charge in [-0.1, -0.05) is 6.07 Å². The van der Waals surface area contributed by atoms with Crippen LogP contribution in [0.4, 0.5) is 30.7 Å². The van der Waals surface area contributed by atoms with Crippen molar-refractivity contribution in [3.63, 3.8) is 0 Å². The SMILES string of the molecule is Cc1ccc(S(=O)(=O)N2CCC3(CC2)COCCN(Cc2ccncc2)C3)cc1F.O=C(O)C(F)(F)F.O=C(O)C(F)(F)F. The summed E-state index contributed by atoms with van der Waals surface area (Å²) >= 11 is 0. The third kappa shape index (κ3) is 11.0. The highest BCUT2D eigenvalue weighted by molar-refractivity contribution is 7.89. The Hall–Kier alpha value is -3.35. The van der Waals surface area contributed by atoms with Gasteiger partial charge in [-0.3, -0.25) is 9.88 Å². The number of hydrogen-bond acceptors (Lipinski definition) is 7. The summed E-state index contributed by atoms with van der Waals surface area (Å²) in [6.45, 7) is 6.36. The van der Waals surface area contributed by atoms with E-state index in [4.69, 9.17) is 24.5 Å². The lowest BCUT2D eigenvalue weighted by atomic mass is 9.79. The van der Waals surface area contributed by atoms with Gasteiger partial charge in [-0.2, -0.15) is 30.6 Å². The number of carboxylic acid groups (broad SMARTS) is 2. The molecule has 44 heavy (non-hydrogen) atoms. The summed E-state index contributed by atoms with van der Waals surface area (Å²) in [5.74, 6) is -6.01. The van der Waals surface area contributed by atoms with Gasteiger partial charge in [-0.25, -0.2) is 22.4 Å². The molecule has 2 saturated heterocycles. The van der Waals surface area contributed by atoms with Crippen LogP contribution in [-0.2, 0) is 30.9 Å². The maximum absolute atomic E-state index is 13.9. The fourth-order valence-electron chi connectivity index (χ4n) is 4.35. The van der Waals surface area contributed by atoms with Crippen molar-refractivity contribution in [3.05, 3.63) is 59.7 Å². The van der Waals surface area contributed by atoms with E-state index in [0.29, 0.717) is 31.9 Å². The minimum Gasteiger partial charge on any atom is -0.475 e. The molecule has 3 heterocycles. The summed E-state index contributed by atoms with van der Waals surface area (Å²) in [5, 5.41) is 14.2. The number of ether oxygens (including phenoxy) is 1. The first-order valence-corrected chi connectivity index (χ1v) is 14.3. The van der Waals surface area contributed by atoms with Gasteiger partial charge in [0.1, 0.15) is 5.82 Å². The topological polar surface area (TPSA) is 137 Å². The van der Waals surface area contributed by atoms with Gasteiger partial charge in [0.05, 0.1) is 18.1 Å². The van der Waals surface area contributed by atoms with Crippen LogP contribution >= 0.6 is 0 Å². The Labute approximate surface area is 248 Å². The minimum absolute atomic E-state index is 0.0259. The lowest BCUT2D eigenvalue weighted by Crippen LogP contribution is -2.48. The Morgan fingerprint density at radius 1 is 0.955 bits per heavy atom. The van der Waals surface area contributed by atoms with E-state index in [2.05, 4.69) is 9.88 Å². The molecule has 1 spiro atoms. The van der Waals surface area contributed by atoms with Gasteiger partial charge in [0.25, 0.3) is 0 Å². The number of alkyl halides is 6. The molecular weight excluding hydrogens is 631 g/mol. The molecule has 1 aromatic heterocycles. The van der Waals surface area contributed by atoms with E-state index in [9.17, 15) is 39.2 Å². The molecule has 2 N–H and O–H groups in total. The summed E-state index contributed by atoms with van der Waals surface area (Å²) in [6, 6.07) is 8.18. The van der Waals surface area contributed by atoms with Gasteiger partial charge in [0.15, 0.2) is 0 Å². The molecule has 4 rings (SSSR count). The van der Waals surface area contributed by atoms with Crippen LogP contribution in [0, 0.1) is 18.2 Å². The van der Waals surface area contributed by atoms with Crippen molar-refractivity contribution < 1.29 is 63.7 Å². The van der Waals surface area contributed by atoms with Crippen LogP contribution in [0.3, 0.4) is 0 Å². The number of carbonyl (C=O) groups is 2. The van der Waals surface area contributed by atoms with Crippen LogP contribution in [0.25, 0.3) is 0 Å². The zero-order chi connectivity index (χ0) is 33.3. The molecule has 10 nitrogen and oxygen atoms in total. The number of halogens is 7. The summed E-state index contributed by atoms with van der Waals surface area (Å²) < 4.78 is 111. The molecule has 0 amide bonds. The van der Waals surface area contributed by atoms with E-state index >= 15 is 0 Å². The Kier molecular flexibility index (Phi) is 12.6. The monoisotopic (exact) mass is 661 g/mol. The van der Waals surface area contributed by atoms with Crippen LogP contribution in [-0.4, -0.2) is 96.5 Å². The van der Waals surface area contributed by atoms with Crippen LogP contribution in [0.5, 0.6) is 0 Å². The number of benzene rings is 1. The Balaban J connectivity index is 0.000000402. The summed E-state index contributed by atoms with van der Waals surface area (Å²) in [4.78, 5) is 24.3. The molecular formula is C26H30F7N3O7S. The van der Waals surface area contributed by atoms with Crippen molar-refractivity contribution in [2.24, 2.45) is 5.41 Å². The van der Waals surface area contributed by atoms with E-state index in [-0.39, 0.29) is 10.3 Å². The third-order valence-electron chi connectivity index (χ3n) is 6.72. The van der Waals surface area contributed by atoms with Gasteiger partial charge >= 0.3 is 24.3 Å². The predicted octanol–water partition coefficient (Wildman–Crippen LogP) is 4.10. The maximum Gasteiger partial charge on any atom is 0.490 e. The number of piperidine rings is 1. The highest BCUT2D eigenvalue weighted by atomic mass is 32.2. The lowest BCUT2D eigenvalue weighted by Gasteiger charge is -2.42. The Morgan fingerprint density at radius 2 is 1.48 bits per heavy atom. The fraction of sp³-hybridized carbons (Fsp3) is 0.500. The second kappa shape index (κ2) is 15.1. The number of nitrogens with zero attached hydrogens (tertiary/aromatic N) is 3. The van der Waals surface area contributed by atoms with Crippen LogP contribution in [0.2, 0.25) is 0 Å². The number of pyridine rings is 1. The van der Waals surface area contributed by atoms with Crippen LogP contribution in [0.1, 0.15) is 24.0 Å². The second-order valence-corrected chi connectivity index (χ2v) is 12.0. The zero-order valence-corrected chi connectivity index (χ0v) is 24.1. The molecule has 2 aliphatic heterocycles. The molecule has 18 heteroatoms. The maximum atomic E-state index is 13.9. The number of carboxylic acids is 2. The van der Waals surface area contributed by atoms with Crippen molar-refractivity contribution in [1.29, 1.82) is 0 Å². The second-order valence-electron chi connectivity index (χ2n) is 10.0. The molecule has 2 fully saturated rings. The number of hydrogen-bond donors (Lipinski definition) is 2. The fourth-order valence-corrected chi connectivity index (χ4v) is 5.80. The summed E-state index contributed by atoms with van der Waals surface area (Å²) in [7, 11) is -3.70. The average Bonchev–Trinajstić information content (AvgIpc) is 3.12. The van der Waals surface area contributed by atoms with E-state index < -0.39 is 40.1 Å². The molecule has 0 saturated carbocycles. The quantitative estimate of drug-likeness (QED) is 0.464. The van der Waals surface area contributed by atoms with Gasteiger partial charge in [-0.15, -0.1) is 0 Å². The van der Waals surface area contributed by atoms with Crippen molar-refractivity contribution >= 4 is 22.0 Å². The van der Waals surface area contributed by atoms with E-state index in [0.717, 1.165) is 38.5 Å². The van der Waals surface area contributed by atoms with Crippen molar-refractivity contribution in [2.45, 2.75) is 43.6 Å². The smallest absolute Gasteiger partial charge is 0.475 e. The highest BCUT2D eigenvalue weighted by Gasteiger charge is 2.41. The van der Waals surface area contributed by atoms with E-state index in [1.54, 1.807) is 19.3 Å². The molecule has 0 atom stereocenters. The van der Waals surface area contributed by atoms with Gasteiger partial charge < -0.3 is 14.9 Å². The molecule has 2 aromatic rings. The normalized spacial score (nSPS) is 17.8. The first-order chi connectivity index (χ1) is 20.3. The Bertz CT molecular complexity index is 1340. The number of rotatable bonds is 4. The van der Waals surface area contributed by atoms with Crippen molar-refractivity contribution in [1.82, 2.24) is 14.2 Å². The van der Waals surface area contributed by atoms with Gasteiger partial charge in [0.2, 0.25) is 10.0 Å². The molecule has 2 aliphatic rings. The first-order valence-electron chi connectivity index (χ1n) is 12.8. The molecule has 0 bridgehead atoms.